The van der Waals surface area contributed by atoms with E-state index in [1.807, 2.05) is 0 Å². The minimum Gasteiger partial charge on any atom is -0.484 e. The molecule has 0 aliphatic carbocycles. The number of anilines is 1. The van der Waals surface area contributed by atoms with Crippen molar-refractivity contribution >= 4 is 11.6 Å². The van der Waals surface area contributed by atoms with E-state index >= 15 is 0 Å². The molecule has 1 heterocycles. The molecule has 128 valence electrons. The number of carbonyl (C=O) groups excluding carboxylic acids is 1. The summed E-state index contributed by atoms with van der Waals surface area (Å²) in [6, 6.07) is 4.64. The molecule has 1 aromatic rings. The Morgan fingerprint density at radius 3 is 2.87 bits per heavy atom. The van der Waals surface area contributed by atoms with Crippen molar-refractivity contribution in [2.75, 3.05) is 18.5 Å². The van der Waals surface area contributed by atoms with Gasteiger partial charge in [0.25, 0.3) is 0 Å². The van der Waals surface area contributed by atoms with E-state index in [1.54, 1.807) is 19.1 Å². The number of alkyl halides is 3. The van der Waals surface area contributed by atoms with Gasteiger partial charge in [0.2, 0.25) is 5.91 Å². The van der Waals surface area contributed by atoms with Crippen molar-refractivity contribution < 1.29 is 27.4 Å². The zero-order valence-electron chi connectivity index (χ0n) is 12.9. The van der Waals surface area contributed by atoms with Crippen molar-refractivity contribution in [3.05, 3.63) is 23.8 Å². The van der Waals surface area contributed by atoms with Crippen molar-refractivity contribution in [3.63, 3.8) is 0 Å². The van der Waals surface area contributed by atoms with Crippen LogP contribution < -0.4 is 10.1 Å². The van der Waals surface area contributed by atoms with Crippen LogP contribution in [0.4, 0.5) is 18.9 Å². The molecule has 4 nitrogen and oxygen atoms in total. The van der Waals surface area contributed by atoms with Gasteiger partial charge >= 0.3 is 6.18 Å². The zero-order valence-corrected chi connectivity index (χ0v) is 12.9. The van der Waals surface area contributed by atoms with E-state index in [2.05, 4.69) is 5.32 Å². The topological polar surface area (TPSA) is 47.6 Å². The van der Waals surface area contributed by atoms with Gasteiger partial charge in [0.15, 0.2) is 6.61 Å². The molecule has 0 radical (unpaired) electrons. The standard InChI is InChI=1S/C16H20F3NO3/c1-11-13(5-2-6-14(11)23-10-16(17,18)19)20-15(21)8-7-12-4-3-9-22-12/h2,5-6,12H,3-4,7-10H2,1H3,(H,20,21)/t12-/m1/s1. The Bertz CT molecular complexity index is 540. The summed E-state index contributed by atoms with van der Waals surface area (Å²) in [6.07, 6.45) is -1.32. The first-order chi connectivity index (χ1) is 10.8. The summed E-state index contributed by atoms with van der Waals surface area (Å²) >= 11 is 0. The second kappa shape index (κ2) is 7.68. The highest BCUT2D eigenvalue weighted by Crippen LogP contribution is 2.27. The van der Waals surface area contributed by atoms with Gasteiger partial charge in [0.05, 0.1) is 6.10 Å². The quantitative estimate of drug-likeness (QED) is 0.862. The average molecular weight is 331 g/mol. The molecule has 1 aliphatic heterocycles. The van der Waals surface area contributed by atoms with Crippen LogP contribution in [0.1, 0.15) is 31.2 Å². The number of nitrogens with one attached hydrogen (secondary N) is 1. The summed E-state index contributed by atoms with van der Waals surface area (Å²) in [5.74, 6) is -0.0733. The van der Waals surface area contributed by atoms with Crippen LogP contribution in [0.25, 0.3) is 0 Å². The molecule has 0 unspecified atom stereocenters. The van der Waals surface area contributed by atoms with Crippen molar-refractivity contribution in [2.45, 2.75) is 44.9 Å². The lowest BCUT2D eigenvalue weighted by molar-refractivity contribution is -0.153. The Morgan fingerprint density at radius 1 is 1.43 bits per heavy atom. The van der Waals surface area contributed by atoms with Crippen LogP contribution in [0.5, 0.6) is 5.75 Å². The van der Waals surface area contributed by atoms with Crippen LogP contribution >= 0.6 is 0 Å². The highest BCUT2D eigenvalue weighted by molar-refractivity contribution is 5.91. The molecule has 1 amide bonds. The van der Waals surface area contributed by atoms with E-state index in [4.69, 9.17) is 9.47 Å². The number of carbonyl (C=O) groups is 1. The minimum absolute atomic E-state index is 0.110. The third-order valence-corrected chi connectivity index (χ3v) is 3.67. The number of benzene rings is 1. The summed E-state index contributed by atoms with van der Waals surface area (Å²) in [5, 5.41) is 2.72. The summed E-state index contributed by atoms with van der Waals surface area (Å²) in [5.41, 5.74) is 0.934. The first-order valence-electron chi connectivity index (χ1n) is 7.56. The molecular weight excluding hydrogens is 311 g/mol. The van der Waals surface area contributed by atoms with Gasteiger partial charge in [-0.25, -0.2) is 0 Å². The molecule has 2 rings (SSSR count). The predicted octanol–water partition coefficient (Wildman–Crippen LogP) is 3.83. The highest BCUT2D eigenvalue weighted by Gasteiger charge is 2.28. The van der Waals surface area contributed by atoms with E-state index in [0.29, 0.717) is 24.1 Å². The highest BCUT2D eigenvalue weighted by atomic mass is 19.4. The molecule has 23 heavy (non-hydrogen) atoms. The van der Waals surface area contributed by atoms with Crippen LogP contribution in [-0.4, -0.2) is 31.4 Å². The molecule has 1 saturated heterocycles. The number of hydrogen-bond donors (Lipinski definition) is 1. The fourth-order valence-electron chi connectivity index (χ4n) is 2.44. The largest absolute Gasteiger partial charge is 0.484 e. The molecule has 0 aromatic heterocycles. The van der Waals surface area contributed by atoms with Gasteiger partial charge in [-0.2, -0.15) is 13.2 Å². The van der Waals surface area contributed by atoms with Crippen LogP contribution in [-0.2, 0) is 9.53 Å². The number of amides is 1. The average Bonchev–Trinajstić information content (AvgIpc) is 2.98. The summed E-state index contributed by atoms with van der Waals surface area (Å²) in [4.78, 5) is 12.0. The van der Waals surface area contributed by atoms with E-state index in [-0.39, 0.29) is 17.8 Å². The normalized spacial score (nSPS) is 18.0. The zero-order chi connectivity index (χ0) is 16.9. The Morgan fingerprint density at radius 2 is 2.22 bits per heavy atom. The van der Waals surface area contributed by atoms with Crippen LogP contribution in [0.15, 0.2) is 18.2 Å². The van der Waals surface area contributed by atoms with Gasteiger partial charge in [-0.1, -0.05) is 6.07 Å². The SMILES string of the molecule is Cc1c(NC(=O)CC[C@H]2CCCO2)cccc1OCC(F)(F)F. The Balaban J connectivity index is 1.89. The van der Waals surface area contributed by atoms with E-state index in [9.17, 15) is 18.0 Å². The minimum atomic E-state index is -4.40. The van der Waals surface area contributed by atoms with Crippen molar-refractivity contribution in [2.24, 2.45) is 0 Å². The molecule has 0 spiro atoms. The van der Waals surface area contributed by atoms with Gasteiger partial charge in [-0.3, -0.25) is 4.79 Å². The van der Waals surface area contributed by atoms with Crippen LogP contribution in [0.2, 0.25) is 0 Å². The third kappa shape index (κ3) is 5.74. The smallest absolute Gasteiger partial charge is 0.422 e. The van der Waals surface area contributed by atoms with Crippen molar-refractivity contribution in [3.8, 4) is 5.75 Å². The van der Waals surface area contributed by atoms with Crippen LogP contribution in [0, 0.1) is 6.92 Å². The molecule has 1 fully saturated rings. The molecule has 7 heteroatoms. The maximum Gasteiger partial charge on any atom is 0.422 e. The second-order valence-electron chi connectivity index (χ2n) is 5.55. The molecular formula is C16H20F3NO3. The Labute approximate surface area is 133 Å². The predicted molar refractivity (Wildman–Crippen MR) is 79.6 cm³/mol. The maximum absolute atomic E-state index is 12.2. The molecule has 1 aromatic carbocycles. The summed E-state index contributed by atoms with van der Waals surface area (Å²) in [6.45, 7) is 0.996. The maximum atomic E-state index is 12.2. The van der Waals surface area contributed by atoms with Crippen molar-refractivity contribution in [1.82, 2.24) is 0 Å². The van der Waals surface area contributed by atoms with Gasteiger partial charge in [-0.05, 0) is 38.3 Å². The number of rotatable bonds is 6. The third-order valence-electron chi connectivity index (χ3n) is 3.67. The first kappa shape index (κ1) is 17.6. The monoisotopic (exact) mass is 331 g/mol. The van der Waals surface area contributed by atoms with E-state index in [1.165, 1.54) is 6.07 Å². The van der Waals surface area contributed by atoms with Crippen LogP contribution in [0.3, 0.4) is 0 Å². The summed E-state index contributed by atoms with van der Waals surface area (Å²) in [7, 11) is 0. The lowest BCUT2D eigenvalue weighted by Crippen LogP contribution is -2.20. The fraction of sp³-hybridized carbons (Fsp3) is 0.562. The number of ether oxygens (including phenoxy) is 2. The second-order valence-corrected chi connectivity index (χ2v) is 5.55. The van der Waals surface area contributed by atoms with E-state index in [0.717, 1.165) is 19.4 Å². The van der Waals surface area contributed by atoms with Gasteiger partial charge < -0.3 is 14.8 Å². The first-order valence-corrected chi connectivity index (χ1v) is 7.56. The van der Waals surface area contributed by atoms with Gasteiger partial charge in [0.1, 0.15) is 5.75 Å². The molecule has 0 saturated carbocycles. The van der Waals surface area contributed by atoms with Crippen molar-refractivity contribution in [1.29, 1.82) is 0 Å². The fourth-order valence-corrected chi connectivity index (χ4v) is 2.44. The molecule has 1 aliphatic rings. The summed E-state index contributed by atoms with van der Waals surface area (Å²) < 4.78 is 46.9. The number of hydrogen-bond acceptors (Lipinski definition) is 3. The number of halogens is 3. The molecule has 1 N–H and O–H groups in total. The molecule has 1 atom stereocenters. The lowest BCUT2D eigenvalue weighted by Gasteiger charge is -2.15. The van der Waals surface area contributed by atoms with Gasteiger partial charge in [0, 0.05) is 24.3 Å². The Hall–Kier alpha value is -1.76. The Kier molecular flexibility index (Phi) is 5.87. The van der Waals surface area contributed by atoms with Gasteiger partial charge in [-0.15, -0.1) is 0 Å². The molecule has 0 bridgehead atoms. The lowest BCUT2D eigenvalue weighted by atomic mass is 10.1. The van der Waals surface area contributed by atoms with E-state index < -0.39 is 12.8 Å².